The third kappa shape index (κ3) is 2.77. The quantitative estimate of drug-likeness (QED) is 0.421. The van der Waals surface area contributed by atoms with Crippen LogP contribution in [-0.2, 0) is 5.41 Å². The molecule has 4 rings (SSSR count). The Morgan fingerprint density at radius 3 is 1.48 bits per heavy atom. The lowest BCUT2D eigenvalue weighted by Gasteiger charge is -2.42. The standard InChI is InChI=1S/C25H23F3O/c1-14-6-8-19(9-7-14)24(25(26,27)28)20-10-15(2)17(4)12-22(20)29-23-13-18(5)16(3)11-21(23)24/h6-13H,1-5H3. The SMILES string of the molecule is Cc1ccc(C2(C(F)(F)F)c3cc(C)c(C)cc3Oc3cc(C)c(C)cc32)cc1. The molecule has 1 aliphatic rings. The second-order valence-electron chi connectivity index (χ2n) is 8.08. The molecule has 0 spiro atoms. The van der Waals surface area contributed by atoms with Crippen molar-refractivity contribution in [3.8, 4) is 11.5 Å². The fourth-order valence-corrected chi connectivity index (χ4v) is 4.18. The number of halogens is 3. The Kier molecular flexibility index (Phi) is 4.30. The van der Waals surface area contributed by atoms with Gasteiger partial charge in [-0.05, 0) is 74.6 Å². The molecule has 0 unspecified atom stereocenters. The molecule has 3 aromatic carbocycles. The van der Waals surface area contributed by atoms with Crippen LogP contribution < -0.4 is 4.74 Å². The van der Waals surface area contributed by atoms with Crippen molar-refractivity contribution in [2.75, 3.05) is 0 Å². The smallest absolute Gasteiger partial charge is 0.406 e. The summed E-state index contributed by atoms with van der Waals surface area (Å²) in [6.45, 7) is 9.31. The molecule has 0 radical (unpaired) electrons. The summed E-state index contributed by atoms with van der Waals surface area (Å²) >= 11 is 0. The second-order valence-corrected chi connectivity index (χ2v) is 8.08. The molecule has 0 fully saturated rings. The van der Waals surface area contributed by atoms with Crippen LogP contribution >= 0.6 is 0 Å². The van der Waals surface area contributed by atoms with Gasteiger partial charge in [0.15, 0.2) is 0 Å². The predicted molar refractivity (Wildman–Crippen MR) is 109 cm³/mol. The van der Waals surface area contributed by atoms with Gasteiger partial charge in [-0.3, -0.25) is 0 Å². The molecular formula is C25H23F3O. The zero-order valence-corrected chi connectivity index (χ0v) is 17.2. The van der Waals surface area contributed by atoms with Gasteiger partial charge in [-0.25, -0.2) is 0 Å². The lowest BCUT2D eigenvalue weighted by atomic mass is 9.66. The second kappa shape index (κ2) is 6.38. The minimum Gasteiger partial charge on any atom is -0.457 e. The molecular weight excluding hydrogens is 373 g/mol. The highest BCUT2D eigenvalue weighted by molar-refractivity contribution is 5.67. The van der Waals surface area contributed by atoms with E-state index in [-0.39, 0.29) is 28.2 Å². The highest BCUT2D eigenvalue weighted by Crippen LogP contribution is 2.59. The van der Waals surface area contributed by atoms with E-state index in [2.05, 4.69) is 0 Å². The molecule has 0 amide bonds. The maximum Gasteiger partial charge on any atom is 0.406 e. The first-order chi connectivity index (χ1) is 13.6. The van der Waals surface area contributed by atoms with Crippen LogP contribution in [-0.4, -0.2) is 6.18 Å². The lowest BCUT2D eigenvalue weighted by Crippen LogP contribution is -2.46. The van der Waals surface area contributed by atoms with E-state index in [4.69, 9.17) is 4.74 Å². The zero-order chi connectivity index (χ0) is 21.1. The fourth-order valence-electron chi connectivity index (χ4n) is 4.18. The monoisotopic (exact) mass is 396 g/mol. The van der Waals surface area contributed by atoms with Crippen molar-refractivity contribution in [3.05, 3.63) is 93.0 Å². The van der Waals surface area contributed by atoms with E-state index in [1.807, 2.05) is 34.6 Å². The van der Waals surface area contributed by atoms with Crippen molar-refractivity contribution in [3.63, 3.8) is 0 Å². The summed E-state index contributed by atoms with van der Waals surface area (Å²) in [5, 5.41) is 0. The van der Waals surface area contributed by atoms with Gasteiger partial charge in [-0.2, -0.15) is 13.2 Å². The van der Waals surface area contributed by atoms with Gasteiger partial charge in [0.05, 0.1) is 0 Å². The number of fused-ring (bicyclic) bond motifs is 2. The summed E-state index contributed by atoms with van der Waals surface area (Å²) in [4.78, 5) is 0. The molecule has 4 heteroatoms. The van der Waals surface area contributed by atoms with Gasteiger partial charge in [-0.15, -0.1) is 0 Å². The van der Waals surface area contributed by atoms with Crippen LogP contribution in [0.2, 0.25) is 0 Å². The summed E-state index contributed by atoms with van der Waals surface area (Å²) in [7, 11) is 0. The molecule has 150 valence electrons. The Hall–Kier alpha value is -2.75. The van der Waals surface area contributed by atoms with Crippen LogP contribution in [0.3, 0.4) is 0 Å². The van der Waals surface area contributed by atoms with Crippen LogP contribution in [0.15, 0.2) is 48.5 Å². The molecule has 0 saturated heterocycles. The van der Waals surface area contributed by atoms with E-state index >= 15 is 13.2 Å². The molecule has 3 aromatic rings. The molecule has 1 aliphatic heterocycles. The van der Waals surface area contributed by atoms with Gasteiger partial charge < -0.3 is 4.74 Å². The third-order valence-electron chi connectivity index (χ3n) is 6.13. The molecule has 0 aliphatic carbocycles. The van der Waals surface area contributed by atoms with Gasteiger partial charge in [0.1, 0.15) is 16.9 Å². The zero-order valence-electron chi connectivity index (χ0n) is 17.2. The predicted octanol–water partition coefficient (Wildman–Crippen LogP) is 7.23. The molecule has 0 bridgehead atoms. The summed E-state index contributed by atoms with van der Waals surface area (Å²) < 4.78 is 51.5. The summed E-state index contributed by atoms with van der Waals surface area (Å²) in [5.41, 5.74) is 2.53. The van der Waals surface area contributed by atoms with Crippen molar-refractivity contribution in [2.45, 2.75) is 46.2 Å². The number of hydrogen-bond acceptors (Lipinski definition) is 1. The van der Waals surface area contributed by atoms with Gasteiger partial charge >= 0.3 is 6.18 Å². The van der Waals surface area contributed by atoms with E-state index < -0.39 is 11.6 Å². The van der Waals surface area contributed by atoms with Crippen molar-refractivity contribution in [2.24, 2.45) is 0 Å². The first-order valence-electron chi connectivity index (χ1n) is 9.61. The molecule has 1 heterocycles. The normalized spacial score (nSPS) is 14.8. The maximum atomic E-state index is 15.1. The summed E-state index contributed by atoms with van der Waals surface area (Å²) in [5.74, 6) is 0.531. The highest BCUT2D eigenvalue weighted by Gasteiger charge is 2.62. The molecule has 0 N–H and O–H groups in total. The fraction of sp³-hybridized carbons (Fsp3) is 0.280. The number of rotatable bonds is 1. The summed E-state index contributed by atoms with van der Waals surface area (Å²) in [6, 6.07) is 13.4. The van der Waals surface area contributed by atoms with Crippen molar-refractivity contribution < 1.29 is 17.9 Å². The molecule has 0 saturated carbocycles. The highest BCUT2D eigenvalue weighted by atomic mass is 19.4. The topological polar surface area (TPSA) is 9.23 Å². The Morgan fingerprint density at radius 2 is 1.07 bits per heavy atom. The Balaban J connectivity index is 2.21. The average molecular weight is 396 g/mol. The molecule has 1 nitrogen and oxygen atoms in total. The molecule has 0 atom stereocenters. The Labute approximate surface area is 169 Å². The van der Waals surface area contributed by atoms with E-state index in [1.165, 1.54) is 0 Å². The van der Waals surface area contributed by atoms with Crippen molar-refractivity contribution in [1.82, 2.24) is 0 Å². The number of alkyl halides is 3. The van der Waals surface area contributed by atoms with Gasteiger partial charge in [0.2, 0.25) is 0 Å². The third-order valence-corrected chi connectivity index (χ3v) is 6.13. The van der Waals surface area contributed by atoms with Crippen molar-refractivity contribution in [1.29, 1.82) is 0 Å². The largest absolute Gasteiger partial charge is 0.457 e. The van der Waals surface area contributed by atoms with Gasteiger partial charge in [-0.1, -0.05) is 42.0 Å². The minimum absolute atomic E-state index is 0.146. The van der Waals surface area contributed by atoms with Crippen LogP contribution in [0.5, 0.6) is 11.5 Å². The maximum absolute atomic E-state index is 15.1. The first kappa shape index (κ1) is 19.6. The average Bonchev–Trinajstić information content (AvgIpc) is 2.63. The minimum atomic E-state index is -4.56. The van der Waals surface area contributed by atoms with Crippen LogP contribution in [0.1, 0.15) is 44.5 Å². The Bertz CT molecular complexity index is 1050. The first-order valence-corrected chi connectivity index (χ1v) is 9.61. The number of benzene rings is 3. The van der Waals surface area contributed by atoms with Crippen LogP contribution in [0.4, 0.5) is 13.2 Å². The summed E-state index contributed by atoms with van der Waals surface area (Å²) in [6.07, 6.45) is -4.56. The number of ether oxygens (including phenoxy) is 1. The van der Waals surface area contributed by atoms with E-state index in [1.54, 1.807) is 48.5 Å². The molecule has 29 heavy (non-hydrogen) atoms. The van der Waals surface area contributed by atoms with E-state index in [9.17, 15) is 0 Å². The van der Waals surface area contributed by atoms with E-state index in [0.717, 1.165) is 27.8 Å². The van der Waals surface area contributed by atoms with Gasteiger partial charge in [0, 0.05) is 11.1 Å². The van der Waals surface area contributed by atoms with Crippen LogP contribution in [0, 0.1) is 34.6 Å². The van der Waals surface area contributed by atoms with Crippen LogP contribution in [0.25, 0.3) is 0 Å². The number of aryl methyl sites for hydroxylation is 5. The van der Waals surface area contributed by atoms with Crippen molar-refractivity contribution >= 4 is 0 Å². The van der Waals surface area contributed by atoms with Gasteiger partial charge in [0.25, 0.3) is 0 Å². The van der Waals surface area contributed by atoms with E-state index in [0.29, 0.717) is 0 Å². The molecule has 0 aromatic heterocycles. The lowest BCUT2D eigenvalue weighted by molar-refractivity contribution is -0.168. The number of hydrogen-bond donors (Lipinski definition) is 0. The Morgan fingerprint density at radius 1 is 0.655 bits per heavy atom.